The lowest BCUT2D eigenvalue weighted by atomic mass is 10.1. The Labute approximate surface area is 159 Å². The van der Waals surface area contributed by atoms with Crippen molar-refractivity contribution in [2.75, 3.05) is 11.9 Å². The smallest absolute Gasteiger partial charge is 0.256 e. The van der Waals surface area contributed by atoms with Gasteiger partial charge in [0.05, 0.1) is 17.8 Å². The fourth-order valence-corrected chi connectivity index (χ4v) is 3.88. The van der Waals surface area contributed by atoms with Crippen molar-refractivity contribution in [3.63, 3.8) is 0 Å². The molecule has 0 aliphatic carbocycles. The number of nitrogens with one attached hydrogen (secondary N) is 1. The molecule has 1 N–H and O–H groups in total. The molecule has 26 heavy (non-hydrogen) atoms. The Morgan fingerprint density at radius 1 is 1.27 bits per heavy atom. The van der Waals surface area contributed by atoms with E-state index in [0.717, 1.165) is 47.2 Å². The van der Waals surface area contributed by atoms with E-state index in [-0.39, 0.29) is 11.4 Å². The van der Waals surface area contributed by atoms with E-state index in [0.29, 0.717) is 12.2 Å². The number of aromatic nitrogens is 2. The zero-order valence-corrected chi connectivity index (χ0v) is 16.8. The van der Waals surface area contributed by atoms with Crippen molar-refractivity contribution in [2.24, 2.45) is 0 Å². The number of unbranched alkanes of at least 4 members (excludes halogenated alkanes) is 1. The molecule has 0 saturated carbocycles. The molecule has 0 fully saturated rings. The van der Waals surface area contributed by atoms with Gasteiger partial charge in [0.25, 0.3) is 5.91 Å². The third kappa shape index (κ3) is 4.06. The summed E-state index contributed by atoms with van der Waals surface area (Å²) in [4.78, 5) is 12.8. The van der Waals surface area contributed by atoms with Gasteiger partial charge in [0.1, 0.15) is 11.6 Å². The van der Waals surface area contributed by atoms with Crippen LogP contribution >= 0.6 is 11.8 Å². The van der Waals surface area contributed by atoms with Gasteiger partial charge in [-0.2, -0.15) is 16.9 Å². The molecule has 1 aliphatic heterocycles. The molecule has 3 rings (SSSR count). The monoisotopic (exact) mass is 373 g/mol. The minimum atomic E-state index is -0.186. The number of carbonyl (C=O) groups excluding carboxylic acids is 1. The Morgan fingerprint density at radius 2 is 2.00 bits per heavy atom. The minimum absolute atomic E-state index is 0.116. The summed E-state index contributed by atoms with van der Waals surface area (Å²) in [6, 6.07) is 7.32. The summed E-state index contributed by atoms with van der Waals surface area (Å²) in [7, 11) is 0. The average Bonchev–Trinajstić information content (AvgIpc) is 3.18. The first kappa shape index (κ1) is 18.8. The maximum absolute atomic E-state index is 12.8. The molecule has 1 aromatic carbocycles. The Bertz CT molecular complexity index is 776. The lowest BCUT2D eigenvalue weighted by molar-refractivity contribution is 0.102. The van der Waals surface area contributed by atoms with Crippen molar-refractivity contribution < 1.29 is 9.53 Å². The second-order valence-corrected chi connectivity index (χ2v) is 8.52. The summed E-state index contributed by atoms with van der Waals surface area (Å²) in [5.41, 5.74) is 2.67. The Balaban J connectivity index is 1.76. The number of anilines is 1. The predicted octanol–water partition coefficient (Wildman–Crippen LogP) is 4.82. The van der Waals surface area contributed by atoms with Crippen LogP contribution in [-0.4, -0.2) is 22.3 Å². The number of hydrogen-bond donors (Lipinski definition) is 1. The number of carbonyl (C=O) groups is 1. The maximum atomic E-state index is 12.8. The molecular weight excluding hydrogens is 346 g/mol. The molecule has 1 aromatic heterocycles. The zero-order valence-electron chi connectivity index (χ0n) is 16.0. The van der Waals surface area contributed by atoms with E-state index in [1.807, 2.05) is 40.7 Å². The maximum Gasteiger partial charge on any atom is 0.256 e. The van der Waals surface area contributed by atoms with E-state index < -0.39 is 0 Å². The molecule has 0 bridgehead atoms. The fourth-order valence-electron chi connectivity index (χ4n) is 2.84. The molecule has 0 unspecified atom stereocenters. The van der Waals surface area contributed by atoms with Gasteiger partial charge in [0.15, 0.2) is 0 Å². The van der Waals surface area contributed by atoms with Crippen molar-refractivity contribution in [1.82, 2.24) is 9.78 Å². The van der Waals surface area contributed by atoms with Gasteiger partial charge in [-0.3, -0.25) is 4.79 Å². The SMILES string of the molecule is CCCCOc1ccc(C(=O)Nc2c3c(nn2C(C)(C)C)CSC3)cc1. The number of rotatable bonds is 6. The molecule has 5 nitrogen and oxygen atoms in total. The lowest BCUT2D eigenvalue weighted by Gasteiger charge is -2.23. The number of ether oxygens (including phenoxy) is 1. The molecule has 1 aliphatic rings. The van der Waals surface area contributed by atoms with Crippen LogP contribution in [0.1, 0.15) is 62.2 Å². The number of hydrogen-bond acceptors (Lipinski definition) is 4. The molecule has 6 heteroatoms. The Kier molecular flexibility index (Phi) is 5.61. The normalized spacial score (nSPS) is 13.5. The molecule has 0 saturated heterocycles. The fraction of sp³-hybridized carbons (Fsp3) is 0.500. The summed E-state index contributed by atoms with van der Waals surface area (Å²) in [5, 5.41) is 7.82. The van der Waals surface area contributed by atoms with Crippen molar-refractivity contribution in [2.45, 2.75) is 57.6 Å². The first-order valence-corrected chi connectivity index (χ1v) is 10.3. The molecule has 1 amide bonds. The Hall–Kier alpha value is -1.95. The predicted molar refractivity (Wildman–Crippen MR) is 107 cm³/mol. The second kappa shape index (κ2) is 7.74. The van der Waals surface area contributed by atoms with Crippen LogP contribution in [0.4, 0.5) is 5.82 Å². The van der Waals surface area contributed by atoms with Crippen molar-refractivity contribution >= 4 is 23.5 Å². The number of fused-ring (bicyclic) bond motifs is 1. The van der Waals surface area contributed by atoms with E-state index in [2.05, 4.69) is 33.0 Å². The molecule has 140 valence electrons. The van der Waals surface area contributed by atoms with Gasteiger partial charge in [-0.15, -0.1) is 0 Å². The third-order valence-corrected chi connectivity index (χ3v) is 5.27. The first-order chi connectivity index (χ1) is 12.4. The summed E-state index contributed by atoms with van der Waals surface area (Å²) in [6.07, 6.45) is 2.13. The highest BCUT2D eigenvalue weighted by molar-refractivity contribution is 7.98. The van der Waals surface area contributed by atoms with Gasteiger partial charge in [0, 0.05) is 22.6 Å². The largest absolute Gasteiger partial charge is 0.494 e. The standard InChI is InChI=1S/C20H27N3O2S/c1-5-6-11-25-15-9-7-14(8-10-15)19(24)21-18-16-12-26-13-17(16)22-23(18)20(2,3)4/h7-10H,5-6,11-13H2,1-4H3,(H,21,24). The molecule has 2 heterocycles. The van der Waals surface area contributed by atoms with Crippen LogP contribution < -0.4 is 10.1 Å². The van der Waals surface area contributed by atoms with Gasteiger partial charge in [-0.05, 0) is 51.5 Å². The van der Waals surface area contributed by atoms with Crippen LogP contribution in [0.15, 0.2) is 24.3 Å². The van der Waals surface area contributed by atoms with E-state index in [1.165, 1.54) is 0 Å². The van der Waals surface area contributed by atoms with E-state index in [1.54, 1.807) is 0 Å². The van der Waals surface area contributed by atoms with E-state index >= 15 is 0 Å². The van der Waals surface area contributed by atoms with Gasteiger partial charge in [-0.25, -0.2) is 4.68 Å². The number of nitrogens with zero attached hydrogens (tertiary/aromatic N) is 2. The van der Waals surface area contributed by atoms with Crippen LogP contribution in [0.2, 0.25) is 0 Å². The lowest BCUT2D eigenvalue weighted by Crippen LogP contribution is -2.27. The third-order valence-electron chi connectivity index (χ3n) is 4.30. The zero-order chi connectivity index (χ0) is 18.7. The molecule has 0 radical (unpaired) electrons. The molecule has 2 aromatic rings. The first-order valence-electron chi connectivity index (χ1n) is 9.13. The van der Waals surface area contributed by atoms with Gasteiger partial charge < -0.3 is 10.1 Å². The highest BCUT2D eigenvalue weighted by atomic mass is 32.2. The summed E-state index contributed by atoms with van der Waals surface area (Å²) < 4.78 is 7.60. The van der Waals surface area contributed by atoms with Crippen LogP contribution in [0.25, 0.3) is 0 Å². The van der Waals surface area contributed by atoms with Crippen molar-refractivity contribution in [3.8, 4) is 5.75 Å². The number of thioether (sulfide) groups is 1. The van der Waals surface area contributed by atoms with Gasteiger partial charge in [0.2, 0.25) is 0 Å². The van der Waals surface area contributed by atoms with Crippen LogP contribution in [0, 0.1) is 0 Å². The summed E-state index contributed by atoms with van der Waals surface area (Å²) in [5.74, 6) is 3.31. The minimum Gasteiger partial charge on any atom is -0.494 e. The van der Waals surface area contributed by atoms with E-state index in [4.69, 9.17) is 9.84 Å². The highest BCUT2D eigenvalue weighted by Crippen LogP contribution is 2.37. The van der Waals surface area contributed by atoms with Crippen molar-refractivity contribution in [3.05, 3.63) is 41.1 Å². The molecule has 0 spiro atoms. The Morgan fingerprint density at radius 3 is 2.65 bits per heavy atom. The number of benzene rings is 1. The van der Waals surface area contributed by atoms with Crippen LogP contribution in [0.5, 0.6) is 5.75 Å². The second-order valence-electron chi connectivity index (χ2n) is 7.53. The molecule has 0 atom stereocenters. The van der Waals surface area contributed by atoms with Crippen molar-refractivity contribution in [1.29, 1.82) is 0 Å². The van der Waals surface area contributed by atoms with Gasteiger partial charge >= 0.3 is 0 Å². The summed E-state index contributed by atoms with van der Waals surface area (Å²) >= 11 is 1.83. The van der Waals surface area contributed by atoms with E-state index in [9.17, 15) is 4.79 Å². The summed E-state index contributed by atoms with van der Waals surface area (Å²) in [6.45, 7) is 9.13. The topological polar surface area (TPSA) is 56.1 Å². The van der Waals surface area contributed by atoms with Crippen LogP contribution in [0.3, 0.4) is 0 Å². The van der Waals surface area contributed by atoms with Gasteiger partial charge in [-0.1, -0.05) is 13.3 Å². The van der Waals surface area contributed by atoms with Crippen LogP contribution in [-0.2, 0) is 17.0 Å². The number of amides is 1. The quantitative estimate of drug-likeness (QED) is 0.738. The highest BCUT2D eigenvalue weighted by Gasteiger charge is 2.28. The average molecular weight is 374 g/mol. The molecular formula is C20H27N3O2S.